The van der Waals surface area contributed by atoms with Gasteiger partial charge in [-0.15, -0.1) is 0 Å². The predicted molar refractivity (Wildman–Crippen MR) is 83.7 cm³/mol. The second-order valence-corrected chi connectivity index (χ2v) is 5.89. The Morgan fingerprint density at radius 2 is 2.14 bits per heavy atom. The Balaban J connectivity index is 1.77. The van der Waals surface area contributed by atoms with Gasteiger partial charge in [-0.25, -0.2) is 9.67 Å². The zero-order valence-corrected chi connectivity index (χ0v) is 12.9. The first-order chi connectivity index (χ1) is 10.3. The Kier molecular flexibility index (Phi) is 4.53. The van der Waals surface area contributed by atoms with Crippen LogP contribution in [0.2, 0.25) is 5.02 Å². The minimum absolute atomic E-state index is 0.654. The summed E-state index contributed by atoms with van der Waals surface area (Å²) in [4.78, 5) is 6.51. The highest BCUT2D eigenvalue weighted by atomic mass is 35.5. The highest BCUT2D eigenvalue weighted by Crippen LogP contribution is 2.22. The second kappa shape index (κ2) is 6.56. The van der Waals surface area contributed by atoms with Crippen LogP contribution in [0.3, 0.4) is 0 Å². The smallest absolute Gasteiger partial charge is 0.138 e. The highest BCUT2D eigenvalue weighted by molar-refractivity contribution is 6.30. The molecular formula is C15H20ClN5. The van der Waals surface area contributed by atoms with Gasteiger partial charge in [0.15, 0.2) is 0 Å². The molecular weight excluding hydrogens is 286 g/mol. The topological polar surface area (TPSA) is 46.0 Å². The lowest BCUT2D eigenvalue weighted by Gasteiger charge is -2.32. The van der Waals surface area contributed by atoms with Gasteiger partial charge in [-0.3, -0.25) is 4.90 Å². The van der Waals surface area contributed by atoms with Crippen LogP contribution in [0, 0.1) is 0 Å². The maximum Gasteiger partial charge on any atom is 0.138 e. The van der Waals surface area contributed by atoms with Crippen molar-refractivity contribution in [3.8, 4) is 5.69 Å². The molecule has 1 saturated heterocycles. The molecule has 0 unspecified atom stereocenters. The van der Waals surface area contributed by atoms with Crippen molar-refractivity contribution in [1.29, 1.82) is 0 Å². The molecule has 0 spiro atoms. The van der Waals surface area contributed by atoms with Gasteiger partial charge in [-0.1, -0.05) is 17.7 Å². The van der Waals surface area contributed by atoms with Crippen molar-refractivity contribution in [1.82, 2.24) is 25.0 Å². The molecule has 1 fully saturated rings. The summed E-state index contributed by atoms with van der Waals surface area (Å²) in [5.74, 6) is 0. The molecule has 1 aromatic heterocycles. The summed E-state index contributed by atoms with van der Waals surface area (Å²) in [7, 11) is 2.04. The Morgan fingerprint density at radius 1 is 1.33 bits per heavy atom. The van der Waals surface area contributed by atoms with Gasteiger partial charge in [0.05, 0.1) is 5.69 Å². The van der Waals surface area contributed by atoms with Gasteiger partial charge in [0, 0.05) is 17.6 Å². The number of benzene rings is 1. The summed E-state index contributed by atoms with van der Waals surface area (Å²) >= 11 is 6.13. The molecule has 0 saturated carbocycles. The van der Waals surface area contributed by atoms with Crippen LogP contribution in [-0.4, -0.2) is 45.8 Å². The third-order valence-corrected chi connectivity index (χ3v) is 4.34. The largest absolute Gasteiger partial charge is 0.317 e. The number of likely N-dealkylation sites (tertiary alicyclic amines) is 1. The maximum absolute atomic E-state index is 6.13. The van der Waals surface area contributed by atoms with Crippen molar-refractivity contribution in [2.45, 2.75) is 25.4 Å². The summed E-state index contributed by atoms with van der Waals surface area (Å²) in [5.41, 5.74) is 2.24. The van der Waals surface area contributed by atoms with Gasteiger partial charge in [0.1, 0.15) is 12.7 Å². The first kappa shape index (κ1) is 14.5. The Bertz CT molecular complexity index is 576. The van der Waals surface area contributed by atoms with Gasteiger partial charge in [0.25, 0.3) is 0 Å². The third kappa shape index (κ3) is 3.43. The van der Waals surface area contributed by atoms with Crippen LogP contribution in [0.4, 0.5) is 0 Å². The molecule has 2 aromatic rings. The second-order valence-electron chi connectivity index (χ2n) is 5.45. The maximum atomic E-state index is 6.13. The fraction of sp³-hybridized carbons (Fsp3) is 0.467. The van der Waals surface area contributed by atoms with E-state index in [1.54, 1.807) is 17.3 Å². The minimum atomic E-state index is 0.654. The van der Waals surface area contributed by atoms with Crippen LogP contribution < -0.4 is 5.32 Å². The predicted octanol–water partition coefficient (Wildman–Crippen LogP) is 2.10. The normalized spacial score (nSPS) is 17.2. The molecule has 0 atom stereocenters. The lowest BCUT2D eigenvalue weighted by Crippen LogP contribution is -2.40. The molecule has 3 rings (SSSR count). The quantitative estimate of drug-likeness (QED) is 0.940. The van der Waals surface area contributed by atoms with Gasteiger partial charge in [-0.2, -0.15) is 5.10 Å². The first-order valence-electron chi connectivity index (χ1n) is 7.29. The average Bonchev–Trinajstić information content (AvgIpc) is 3.04. The molecule has 1 aromatic carbocycles. The summed E-state index contributed by atoms with van der Waals surface area (Å²) < 4.78 is 1.78. The zero-order valence-electron chi connectivity index (χ0n) is 12.2. The summed E-state index contributed by atoms with van der Waals surface area (Å²) in [6, 6.07) is 6.63. The first-order valence-corrected chi connectivity index (χ1v) is 7.67. The van der Waals surface area contributed by atoms with E-state index in [9.17, 15) is 0 Å². The molecule has 0 amide bonds. The number of hydrogen-bond acceptors (Lipinski definition) is 4. The van der Waals surface area contributed by atoms with E-state index in [0.29, 0.717) is 6.04 Å². The Morgan fingerprint density at radius 3 is 2.81 bits per heavy atom. The molecule has 5 nitrogen and oxygen atoms in total. The minimum Gasteiger partial charge on any atom is -0.317 e. The summed E-state index contributed by atoms with van der Waals surface area (Å²) in [6.45, 7) is 3.15. The Labute approximate surface area is 129 Å². The van der Waals surface area contributed by atoms with Crippen LogP contribution in [0.5, 0.6) is 0 Å². The fourth-order valence-corrected chi connectivity index (χ4v) is 3.00. The monoisotopic (exact) mass is 305 g/mol. The number of aromatic nitrogens is 3. The van der Waals surface area contributed by atoms with Crippen molar-refractivity contribution in [2.24, 2.45) is 0 Å². The summed E-state index contributed by atoms with van der Waals surface area (Å²) in [5, 5.41) is 8.31. The molecule has 1 aliphatic heterocycles. The molecule has 2 heterocycles. The lowest BCUT2D eigenvalue weighted by molar-refractivity contribution is 0.194. The SMILES string of the molecule is CNC1CCN(Cc2ccc(Cl)cc2-n2cncn2)CC1. The third-order valence-electron chi connectivity index (χ3n) is 4.10. The van der Waals surface area contributed by atoms with E-state index in [0.717, 1.165) is 30.3 Å². The van der Waals surface area contributed by atoms with Gasteiger partial charge < -0.3 is 5.32 Å². The van der Waals surface area contributed by atoms with E-state index >= 15 is 0 Å². The van der Waals surface area contributed by atoms with Gasteiger partial charge in [0.2, 0.25) is 0 Å². The Hall–Kier alpha value is -1.43. The molecule has 112 valence electrons. The van der Waals surface area contributed by atoms with Crippen LogP contribution in [0.15, 0.2) is 30.9 Å². The van der Waals surface area contributed by atoms with Gasteiger partial charge >= 0.3 is 0 Å². The number of nitrogens with zero attached hydrogens (tertiary/aromatic N) is 4. The van der Waals surface area contributed by atoms with Gasteiger partial charge in [-0.05, 0) is 50.7 Å². The van der Waals surface area contributed by atoms with Crippen LogP contribution in [0.25, 0.3) is 5.69 Å². The summed E-state index contributed by atoms with van der Waals surface area (Å²) in [6.07, 6.45) is 5.65. The van der Waals surface area contributed by atoms with Crippen molar-refractivity contribution < 1.29 is 0 Å². The van der Waals surface area contributed by atoms with Crippen molar-refractivity contribution in [3.05, 3.63) is 41.4 Å². The highest BCUT2D eigenvalue weighted by Gasteiger charge is 2.19. The van der Waals surface area contributed by atoms with Crippen LogP contribution in [-0.2, 0) is 6.54 Å². The number of piperidine rings is 1. The number of nitrogens with one attached hydrogen (secondary N) is 1. The molecule has 0 bridgehead atoms. The van der Waals surface area contributed by atoms with Crippen molar-refractivity contribution in [3.63, 3.8) is 0 Å². The molecule has 6 heteroatoms. The molecule has 1 N–H and O–H groups in total. The molecule has 21 heavy (non-hydrogen) atoms. The molecule has 0 radical (unpaired) electrons. The lowest BCUT2D eigenvalue weighted by atomic mass is 10.0. The van der Waals surface area contributed by atoms with Crippen molar-refractivity contribution in [2.75, 3.05) is 20.1 Å². The van der Waals surface area contributed by atoms with E-state index in [2.05, 4.69) is 26.4 Å². The standard InChI is InChI=1S/C15H20ClN5/c1-17-14-4-6-20(7-5-14)9-12-2-3-13(16)8-15(12)21-11-18-10-19-21/h2-3,8,10-11,14,17H,4-7,9H2,1H3. The van der Waals surface area contributed by atoms with Crippen LogP contribution in [0.1, 0.15) is 18.4 Å². The number of halogens is 1. The van der Waals surface area contributed by atoms with Crippen molar-refractivity contribution >= 4 is 11.6 Å². The van der Waals surface area contributed by atoms with E-state index in [1.807, 2.05) is 19.2 Å². The number of hydrogen-bond donors (Lipinski definition) is 1. The molecule has 1 aliphatic rings. The number of rotatable bonds is 4. The van der Waals surface area contributed by atoms with E-state index in [4.69, 9.17) is 11.6 Å². The van der Waals surface area contributed by atoms with Crippen LogP contribution >= 0.6 is 11.6 Å². The zero-order chi connectivity index (χ0) is 14.7. The van der Waals surface area contributed by atoms with E-state index in [-0.39, 0.29) is 0 Å². The molecule has 0 aliphatic carbocycles. The van der Waals surface area contributed by atoms with E-state index in [1.165, 1.54) is 18.4 Å². The van der Waals surface area contributed by atoms with E-state index < -0.39 is 0 Å². The average molecular weight is 306 g/mol. The fourth-order valence-electron chi connectivity index (χ4n) is 2.84.